The number of Topliss-reactive ketones (excluding diaryl/α,β-unsaturated/α-hetero) is 1. The Hall–Kier alpha value is -2.69. The molecule has 5 nitrogen and oxygen atoms in total. The first kappa shape index (κ1) is 38.3. The van der Waals surface area contributed by atoms with Crippen molar-refractivity contribution < 1.29 is 24.4 Å². The maximum atomic E-state index is 12.0. The van der Waals surface area contributed by atoms with E-state index in [1.165, 1.54) is 134 Å². The molecule has 0 fully saturated rings. The molecule has 2 aromatic rings. The summed E-state index contributed by atoms with van der Waals surface area (Å²) in [6, 6.07) is 10.1. The van der Waals surface area contributed by atoms with E-state index < -0.39 is 11.7 Å². The zero-order valence-corrected chi connectivity index (χ0v) is 27.5. The van der Waals surface area contributed by atoms with Crippen LogP contribution in [0.25, 0.3) is 0 Å². The van der Waals surface area contributed by atoms with Crippen molar-refractivity contribution in [3.05, 3.63) is 59.9 Å². The third-order valence-electron chi connectivity index (χ3n) is 8.09. The average Bonchev–Trinajstić information content (AvgIpc) is 3.01. The van der Waals surface area contributed by atoms with Crippen molar-refractivity contribution in [2.24, 2.45) is 0 Å². The first-order valence-electron chi connectivity index (χ1n) is 17.5. The van der Waals surface area contributed by atoms with Gasteiger partial charge in [-0.3, -0.25) is 4.79 Å². The Kier molecular flexibility index (Phi) is 24.0. The highest BCUT2D eigenvalue weighted by molar-refractivity contribution is 5.99. The number of aromatic carboxylic acids is 1. The molecule has 5 heteroatoms. The molecular formula is C38H61NO4. The second-order valence-corrected chi connectivity index (χ2v) is 12.0. The fourth-order valence-corrected chi connectivity index (χ4v) is 5.33. The van der Waals surface area contributed by atoms with Gasteiger partial charge in [0.15, 0.2) is 18.2 Å². The summed E-state index contributed by atoms with van der Waals surface area (Å²) in [5.74, 6) is -1.94. The summed E-state index contributed by atoms with van der Waals surface area (Å²) >= 11 is 0. The molecule has 0 saturated carbocycles. The summed E-state index contributed by atoms with van der Waals surface area (Å²) in [7, 11) is 0. The van der Waals surface area contributed by atoms with Gasteiger partial charge in [-0.15, -0.1) is 0 Å². The summed E-state index contributed by atoms with van der Waals surface area (Å²) in [5, 5.41) is 20.2. The van der Waals surface area contributed by atoms with E-state index in [1.54, 1.807) is 0 Å². The van der Waals surface area contributed by atoms with Gasteiger partial charge in [-0.05, 0) is 18.9 Å². The number of carbonyl (C=O) groups is 2. The number of ketones is 1. The number of rotatable bonds is 25. The van der Waals surface area contributed by atoms with Gasteiger partial charge in [-0.1, -0.05) is 153 Å². The lowest BCUT2D eigenvalue weighted by Gasteiger charge is -2.11. The number of carboxylic acid groups (broad SMARTS) is 1. The van der Waals surface area contributed by atoms with Crippen LogP contribution in [-0.2, 0) is 6.54 Å². The van der Waals surface area contributed by atoms with Crippen LogP contribution in [0.4, 0.5) is 0 Å². The van der Waals surface area contributed by atoms with Crippen molar-refractivity contribution in [2.75, 3.05) is 0 Å². The first-order chi connectivity index (χ1) is 21.0. The molecule has 0 aliphatic rings. The van der Waals surface area contributed by atoms with E-state index in [0.717, 1.165) is 25.3 Å². The molecule has 0 amide bonds. The van der Waals surface area contributed by atoms with E-state index in [9.17, 15) is 14.7 Å². The lowest BCUT2D eigenvalue weighted by Crippen LogP contribution is -2.32. The van der Waals surface area contributed by atoms with E-state index >= 15 is 0 Å². The van der Waals surface area contributed by atoms with E-state index in [0.29, 0.717) is 12.0 Å². The quantitative estimate of drug-likeness (QED) is 0.0703. The van der Waals surface area contributed by atoms with Crippen LogP contribution in [0.5, 0.6) is 5.75 Å². The minimum Gasteiger partial charge on any atom is -0.872 e. The van der Waals surface area contributed by atoms with Gasteiger partial charge in [0, 0.05) is 30.5 Å². The normalized spacial score (nSPS) is 10.7. The molecule has 0 bridgehead atoms. The highest BCUT2D eigenvalue weighted by atomic mass is 16.4. The van der Waals surface area contributed by atoms with Gasteiger partial charge in [0.05, 0.1) is 5.56 Å². The van der Waals surface area contributed by atoms with Gasteiger partial charge < -0.3 is 10.2 Å². The van der Waals surface area contributed by atoms with E-state index in [1.807, 2.05) is 0 Å². The van der Waals surface area contributed by atoms with Gasteiger partial charge >= 0.3 is 5.97 Å². The molecule has 0 unspecified atom stereocenters. The van der Waals surface area contributed by atoms with Crippen molar-refractivity contribution >= 4 is 11.8 Å². The molecule has 1 N–H and O–H groups in total. The topological polar surface area (TPSA) is 81.3 Å². The molecule has 1 heterocycles. The molecule has 0 atom stereocenters. The lowest BCUT2D eigenvalue weighted by molar-refractivity contribution is -0.697. The molecule has 0 radical (unpaired) electrons. The minimum atomic E-state index is -1.29. The molecule has 0 saturated heterocycles. The largest absolute Gasteiger partial charge is 0.872 e. The zero-order chi connectivity index (χ0) is 31.4. The Morgan fingerprint density at radius 3 is 1.53 bits per heavy atom. The molecule has 0 aliphatic heterocycles. The number of carboxylic acids is 1. The number of hydrogen-bond acceptors (Lipinski definition) is 3. The Balaban J connectivity index is 0.000000430. The summed E-state index contributed by atoms with van der Waals surface area (Å²) in [6.45, 7) is 5.65. The highest BCUT2D eigenvalue weighted by Crippen LogP contribution is 2.18. The van der Waals surface area contributed by atoms with Crippen molar-refractivity contribution in [2.45, 2.75) is 162 Å². The number of pyridine rings is 1. The van der Waals surface area contributed by atoms with Crippen LogP contribution in [0.2, 0.25) is 0 Å². The average molecular weight is 596 g/mol. The van der Waals surface area contributed by atoms with Gasteiger partial charge in [0.2, 0.25) is 0 Å². The number of benzene rings is 1. The third kappa shape index (κ3) is 20.8. The lowest BCUT2D eigenvalue weighted by atomic mass is 10.0. The van der Waals surface area contributed by atoms with E-state index in [-0.39, 0.29) is 11.3 Å². The number of nitrogens with zero attached hydrogens (tertiary/aromatic N) is 1. The fraction of sp³-hybridized carbons (Fsp3) is 0.658. The van der Waals surface area contributed by atoms with Crippen LogP contribution in [0.1, 0.15) is 176 Å². The molecule has 0 spiro atoms. The predicted molar refractivity (Wildman–Crippen MR) is 177 cm³/mol. The summed E-state index contributed by atoms with van der Waals surface area (Å²) < 4.78 is 2.29. The predicted octanol–water partition coefficient (Wildman–Crippen LogP) is 10.2. The highest BCUT2D eigenvalue weighted by Gasteiger charge is 2.10. The van der Waals surface area contributed by atoms with Crippen LogP contribution in [-0.4, -0.2) is 16.9 Å². The maximum absolute atomic E-state index is 12.0. The molecular weight excluding hydrogens is 534 g/mol. The minimum absolute atomic E-state index is 0.0916. The Morgan fingerprint density at radius 1 is 0.628 bits per heavy atom. The van der Waals surface area contributed by atoms with Crippen molar-refractivity contribution in [1.29, 1.82) is 0 Å². The maximum Gasteiger partial charge on any atom is 0.335 e. The molecule has 1 aromatic heterocycles. The zero-order valence-electron chi connectivity index (χ0n) is 27.5. The second-order valence-electron chi connectivity index (χ2n) is 12.0. The van der Waals surface area contributed by atoms with Gasteiger partial charge in [-0.25, -0.2) is 9.36 Å². The number of aromatic nitrogens is 1. The summed E-state index contributed by atoms with van der Waals surface area (Å²) in [4.78, 5) is 22.8. The molecule has 242 valence electrons. The fourth-order valence-electron chi connectivity index (χ4n) is 5.33. The monoisotopic (exact) mass is 595 g/mol. The smallest absolute Gasteiger partial charge is 0.335 e. The number of hydrogen-bond donors (Lipinski definition) is 1. The van der Waals surface area contributed by atoms with Crippen molar-refractivity contribution in [3.63, 3.8) is 0 Å². The Morgan fingerprint density at radius 2 is 1.07 bits per heavy atom. The standard InChI is InChI=1S/C21H38N.C17H24O4/c1-2-3-4-5-6-7-8-9-10-11-12-13-14-16-19-22-20-17-15-18-21-22;1-2-3-4-5-6-7-8-9-15(18)13-10-11-16(19)14(12-13)17(20)21/h15,17-18,20-21H,2-14,16,19H2,1H3;10-12,19H,2-9H2,1H3,(H,20,21)/q+1;/p-1. The number of aryl methyl sites for hydroxylation is 1. The van der Waals surface area contributed by atoms with E-state index in [2.05, 4.69) is 49.0 Å². The van der Waals surface area contributed by atoms with Gasteiger partial charge in [-0.2, -0.15) is 0 Å². The van der Waals surface area contributed by atoms with E-state index in [4.69, 9.17) is 5.11 Å². The second kappa shape index (κ2) is 26.9. The number of carbonyl (C=O) groups excluding carboxylic acids is 1. The first-order valence-corrected chi connectivity index (χ1v) is 17.5. The van der Waals surface area contributed by atoms with Crippen LogP contribution in [0, 0.1) is 0 Å². The van der Waals surface area contributed by atoms with Crippen LogP contribution < -0.4 is 9.67 Å². The van der Waals surface area contributed by atoms with Crippen molar-refractivity contribution in [1.82, 2.24) is 0 Å². The molecule has 2 rings (SSSR count). The third-order valence-corrected chi connectivity index (χ3v) is 8.09. The molecule has 43 heavy (non-hydrogen) atoms. The van der Waals surface area contributed by atoms with Crippen LogP contribution in [0.3, 0.4) is 0 Å². The van der Waals surface area contributed by atoms with Gasteiger partial charge in [0.25, 0.3) is 0 Å². The summed E-state index contributed by atoms with van der Waals surface area (Å²) in [6.07, 6.45) is 32.7. The summed E-state index contributed by atoms with van der Waals surface area (Å²) in [5.41, 5.74) is -0.0154. The Bertz CT molecular complexity index is 960. The Labute approximate surface area is 263 Å². The van der Waals surface area contributed by atoms with Gasteiger partial charge in [0.1, 0.15) is 6.54 Å². The van der Waals surface area contributed by atoms with Crippen molar-refractivity contribution in [3.8, 4) is 5.75 Å². The van der Waals surface area contributed by atoms with Crippen LogP contribution >= 0.6 is 0 Å². The molecule has 1 aromatic carbocycles. The van der Waals surface area contributed by atoms with Crippen LogP contribution in [0.15, 0.2) is 48.8 Å². The SMILES string of the molecule is CCCCCCCCCC(=O)c1ccc([O-])c(C(=O)O)c1.CCCCCCCCCCCCCCCC[n+]1ccccc1. The number of unbranched alkanes of at least 4 members (excludes halogenated alkanes) is 19. The molecule has 0 aliphatic carbocycles.